The molecule has 0 aliphatic heterocycles. The molecular formula is C18H17FO6. The topological polar surface area (TPSA) is 82.1 Å². The second-order valence-electron chi connectivity index (χ2n) is 5.12. The molecule has 0 heterocycles. The number of hydrogen-bond donors (Lipinski definition) is 1. The quantitative estimate of drug-likeness (QED) is 0.806. The van der Waals surface area contributed by atoms with Crippen molar-refractivity contribution < 1.29 is 33.3 Å². The van der Waals surface area contributed by atoms with Crippen LogP contribution in [0.2, 0.25) is 0 Å². The van der Waals surface area contributed by atoms with E-state index in [1.807, 2.05) is 0 Å². The number of carbonyl (C=O) groups excluding carboxylic acids is 1. The van der Waals surface area contributed by atoms with Gasteiger partial charge in [-0.3, -0.25) is 4.79 Å². The van der Waals surface area contributed by atoms with E-state index in [1.54, 1.807) is 0 Å². The third-order valence-corrected chi connectivity index (χ3v) is 3.68. The highest BCUT2D eigenvalue weighted by Crippen LogP contribution is 2.47. The molecule has 132 valence electrons. The summed E-state index contributed by atoms with van der Waals surface area (Å²) in [6.07, 6.45) is 0. The maximum Gasteiger partial charge on any atom is 0.339 e. The van der Waals surface area contributed by atoms with Gasteiger partial charge in [0.15, 0.2) is 17.3 Å². The lowest BCUT2D eigenvalue weighted by Crippen LogP contribution is -2.06. The molecule has 0 atom stereocenters. The number of aromatic carboxylic acids is 1. The molecule has 0 saturated heterocycles. The third-order valence-electron chi connectivity index (χ3n) is 3.68. The number of methoxy groups -OCH3 is 3. The minimum absolute atomic E-state index is 0.0311. The lowest BCUT2D eigenvalue weighted by Gasteiger charge is -2.19. The lowest BCUT2D eigenvalue weighted by molar-refractivity contribution is 0.0692. The number of ether oxygens (including phenoxy) is 3. The van der Waals surface area contributed by atoms with Gasteiger partial charge in [-0.15, -0.1) is 0 Å². The highest BCUT2D eigenvalue weighted by molar-refractivity contribution is 6.03. The van der Waals surface area contributed by atoms with Crippen LogP contribution in [-0.2, 0) is 0 Å². The molecule has 0 spiro atoms. The Hall–Kier alpha value is -3.09. The van der Waals surface area contributed by atoms with Crippen molar-refractivity contribution in [3.05, 3.63) is 41.2 Å². The second kappa shape index (κ2) is 7.21. The zero-order valence-corrected chi connectivity index (χ0v) is 14.2. The number of benzene rings is 2. The number of rotatable bonds is 6. The van der Waals surface area contributed by atoms with Crippen molar-refractivity contribution in [3.8, 4) is 28.4 Å². The Morgan fingerprint density at radius 1 is 0.880 bits per heavy atom. The predicted octanol–water partition coefficient (Wildman–Crippen LogP) is 3.42. The van der Waals surface area contributed by atoms with E-state index >= 15 is 0 Å². The average Bonchev–Trinajstić information content (AvgIpc) is 2.58. The summed E-state index contributed by atoms with van der Waals surface area (Å²) in [5.41, 5.74) is 0.437. The van der Waals surface area contributed by atoms with Gasteiger partial charge >= 0.3 is 5.97 Å². The standard InChI is InChI=1S/C18H17FO6/c1-9(20)11-6-5-10(19)7-12(11)13-8-14(18(21)22)16(24-3)17(25-4)15(13)23-2/h5-8H,1-4H3,(H,21,22). The molecule has 0 aliphatic carbocycles. The van der Waals surface area contributed by atoms with E-state index in [0.717, 1.165) is 12.1 Å². The first-order chi connectivity index (χ1) is 11.8. The number of Topliss-reactive ketones (excluding diaryl/α,β-unsaturated/α-hetero) is 1. The largest absolute Gasteiger partial charge is 0.492 e. The van der Waals surface area contributed by atoms with E-state index in [9.17, 15) is 19.1 Å². The highest BCUT2D eigenvalue weighted by atomic mass is 19.1. The van der Waals surface area contributed by atoms with E-state index in [-0.39, 0.29) is 45.3 Å². The van der Waals surface area contributed by atoms with Gasteiger partial charge in [0.2, 0.25) is 5.75 Å². The molecule has 0 radical (unpaired) electrons. The summed E-state index contributed by atoms with van der Waals surface area (Å²) in [6.45, 7) is 1.34. The Labute approximate surface area is 143 Å². The minimum atomic E-state index is -1.26. The average molecular weight is 348 g/mol. The summed E-state index contributed by atoms with van der Waals surface area (Å²) in [5, 5.41) is 9.47. The van der Waals surface area contributed by atoms with Crippen molar-refractivity contribution in [3.63, 3.8) is 0 Å². The molecule has 0 aromatic heterocycles. The van der Waals surface area contributed by atoms with Gasteiger partial charge in [0.1, 0.15) is 11.4 Å². The fourth-order valence-electron chi connectivity index (χ4n) is 2.62. The second-order valence-corrected chi connectivity index (χ2v) is 5.12. The van der Waals surface area contributed by atoms with Crippen LogP contribution < -0.4 is 14.2 Å². The van der Waals surface area contributed by atoms with Crippen LogP contribution in [0.15, 0.2) is 24.3 Å². The molecule has 25 heavy (non-hydrogen) atoms. The molecule has 7 heteroatoms. The number of hydrogen-bond acceptors (Lipinski definition) is 5. The molecule has 2 rings (SSSR count). The summed E-state index contributed by atoms with van der Waals surface area (Å²) < 4.78 is 29.5. The first-order valence-electron chi connectivity index (χ1n) is 7.22. The maximum absolute atomic E-state index is 13.8. The van der Waals surface area contributed by atoms with E-state index in [0.29, 0.717) is 0 Å². The molecule has 2 aromatic carbocycles. The monoisotopic (exact) mass is 348 g/mol. The van der Waals surface area contributed by atoms with Crippen LogP contribution in [0.4, 0.5) is 4.39 Å². The number of carboxylic acid groups (broad SMARTS) is 1. The van der Waals surface area contributed by atoms with Gasteiger partial charge in [0.25, 0.3) is 0 Å². The van der Waals surface area contributed by atoms with Crippen LogP contribution in [0.5, 0.6) is 17.2 Å². The Morgan fingerprint density at radius 3 is 1.96 bits per heavy atom. The van der Waals surface area contributed by atoms with Crippen LogP contribution in [0.1, 0.15) is 27.6 Å². The summed E-state index contributed by atoms with van der Waals surface area (Å²) in [4.78, 5) is 23.5. The van der Waals surface area contributed by atoms with E-state index in [1.165, 1.54) is 40.4 Å². The number of ketones is 1. The van der Waals surface area contributed by atoms with E-state index < -0.39 is 11.8 Å². The van der Waals surface area contributed by atoms with Crippen LogP contribution >= 0.6 is 0 Å². The Morgan fingerprint density at radius 2 is 1.48 bits per heavy atom. The molecule has 0 aliphatic rings. The molecular weight excluding hydrogens is 331 g/mol. The lowest BCUT2D eigenvalue weighted by atomic mass is 9.94. The molecule has 0 fully saturated rings. The fraction of sp³-hybridized carbons (Fsp3) is 0.222. The number of carboxylic acids is 1. The van der Waals surface area contributed by atoms with Crippen LogP contribution in [0.3, 0.4) is 0 Å². The summed E-state index contributed by atoms with van der Waals surface area (Å²) in [7, 11) is 3.98. The van der Waals surface area contributed by atoms with E-state index in [4.69, 9.17) is 14.2 Å². The van der Waals surface area contributed by atoms with Gasteiger partial charge in [0, 0.05) is 11.1 Å². The van der Waals surface area contributed by atoms with Crippen molar-refractivity contribution in [2.24, 2.45) is 0 Å². The molecule has 2 aromatic rings. The molecule has 0 bridgehead atoms. The first kappa shape index (κ1) is 18.3. The van der Waals surface area contributed by atoms with Gasteiger partial charge in [-0.05, 0) is 36.8 Å². The van der Waals surface area contributed by atoms with Crippen molar-refractivity contribution in [1.29, 1.82) is 0 Å². The molecule has 0 amide bonds. The molecule has 1 N–H and O–H groups in total. The maximum atomic E-state index is 13.8. The summed E-state index contributed by atoms with van der Waals surface area (Å²) >= 11 is 0. The van der Waals surface area contributed by atoms with Crippen molar-refractivity contribution >= 4 is 11.8 Å². The SMILES string of the molecule is COc1c(C(=O)O)cc(-c2cc(F)ccc2C(C)=O)c(OC)c1OC. The number of halogens is 1. The van der Waals surface area contributed by atoms with Crippen LogP contribution in [0, 0.1) is 5.82 Å². The van der Waals surface area contributed by atoms with Gasteiger partial charge in [-0.25, -0.2) is 9.18 Å². The van der Waals surface area contributed by atoms with Gasteiger partial charge in [-0.1, -0.05) is 0 Å². The molecule has 0 unspecified atom stereocenters. The van der Waals surface area contributed by atoms with Gasteiger partial charge in [-0.2, -0.15) is 0 Å². The molecule has 0 saturated carbocycles. The Kier molecular flexibility index (Phi) is 5.26. The van der Waals surface area contributed by atoms with Crippen molar-refractivity contribution in [2.75, 3.05) is 21.3 Å². The molecule has 6 nitrogen and oxygen atoms in total. The van der Waals surface area contributed by atoms with E-state index in [2.05, 4.69) is 0 Å². The van der Waals surface area contributed by atoms with Gasteiger partial charge < -0.3 is 19.3 Å². The third kappa shape index (κ3) is 3.26. The summed E-state index contributed by atoms with van der Waals surface area (Å²) in [5.74, 6) is -2.00. The van der Waals surface area contributed by atoms with Gasteiger partial charge in [0.05, 0.1) is 21.3 Å². The number of carbonyl (C=O) groups is 2. The zero-order chi connectivity index (χ0) is 18.7. The first-order valence-corrected chi connectivity index (χ1v) is 7.22. The predicted molar refractivity (Wildman–Crippen MR) is 88.5 cm³/mol. The zero-order valence-electron chi connectivity index (χ0n) is 14.2. The highest BCUT2D eigenvalue weighted by Gasteiger charge is 2.26. The Balaban J connectivity index is 2.96. The van der Waals surface area contributed by atoms with Crippen LogP contribution in [0.25, 0.3) is 11.1 Å². The minimum Gasteiger partial charge on any atom is -0.492 e. The normalized spacial score (nSPS) is 10.3. The van der Waals surface area contributed by atoms with Crippen molar-refractivity contribution in [1.82, 2.24) is 0 Å². The Bertz CT molecular complexity index is 844. The van der Waals surface area contributed by atoms with Crippen LogP contribution in [-0.4, -0.2) is 38.2 Å². The fourth-order valence-corrected chi connectivity index (χ4v) is 2.62. The smallest absolute Gasteiger partial charge is 0.339 e. The van der Waals surface area contributed by atoms with Crippen molar-refractivity contribution in [2.45, 2.75) is 6.92 Å². The summed E-state index contributed by atoms with van der Waals surface area (Å²) in [6, 6.07) is 4.91.